The standard InChI is InChI=1S/C28H30F2N4O/c1-17-3-6-20(7-4-17)27-23(24-12-21(29)13-25(30)28(24)33-27)8-5-18-9-19(10-18)11-26(35)32-15-22-14-31-16-34(22)2/h3-4,6-7,12-14,16,18-19,33H,5,8-11,15H2,1-2H3,(H,32,35). The lowest BCUT2D eigenvalue weighted by atomic mass is 9.71. The molecule has 0 saturated heterocycles. The lowest BCUT2D eigenvalue weighted by Gasteiger charge is -2.35. The number of amides is 1. The molecule has 0 spiro atoms. The van der Waals surface area contributed by atoms with Crippen LogP contribution in [0.25, 0.3) is 22.2 Å². The average molecular weight is 477 g/mol. The molecule has 0 atom stereocenters. The number of aromatic nitrogens is 3. The number of halogens is 2. The second kappa shape index (κ2) is 9.64. The molecule has 2 aromatic heterocycles. The van der Waals surface area contributed by atoms with Gasteiger partial charge in [-0.05, 0) is 61.6 Å². The first-order valence-corrected chi connectivity index (χ1v) is 12.2. The Bertz CT molecular complexity index is 1350. The van der Waals surface area contributed by atoms with Crippen molar-refractivity contribution in [3.8, 4) is 11.3 Å². The minimum absolute atomic E-state index is 0.0684. The third kappa shape index (κ3) is 4.99. The van der Waals surface area contributed by atoms with Gasteiger partial charge in [0.05, 0.1) is 24.1 Å². The summed E-state index contributed by atoms with van der Waals surface area (Å²) >= 11 is 0. The lowest BCUT2D eigenvalue weighted by molar-refractivity contribution is -0.123. The number of aryl methyl sites for hydroxylation is 3. The van der Waals surface area contributed by atoms with Gasteiger partial charge >= 0.3 is 0 Å². The molecule has 2 N–H and O–H groups in total. The summed E-state index contributed by atoms with van der Waals surface area (Å²) in [5.74, 6) is -0.161. The van der Waals surface area contributed by atoms with Crippen LogP contribution >= 0.6 is 0 Å². The Kier molecular flexibility index (Phi) is 6.41. The average Bonchev–Trinajstić information content (AvgIpc) is 3.37. The van der Waals surface area contributed by atoms with Crippen LogP contribution in [0.5, 0.6) is 0 Å². The molecule has 1 amide bonds. The van der Waals surface area contributed by atoms with E-state index >= 15 is 0 Å². The van der Waals surface area contributed by atoms with Crippen molar-refractivity contribution in [1.29, 1.82) is 0 Å². The maximum atomic E-state index is 14.5. The Morgan fingerprint density at radius 2 is 1.94 bits per heavy atom. The van der Waals surface area contributed by atoms with E-state index in [0.717, 1.165) is 59.8 Å². The van der Waals surface area contributed by atoms with Gasteiger partial charge in [-0.1, -0.05) is 29.8 Å². The molecule has 1 aliphatic carbocycles. The minimum Gasteiger partial charge on any atom is -0.352 e. The van der Waals surface area contributed by atoms with E-state index in [1.165, 1.54) is 6.07 Å². The Balaban J connectivity index is 1.22. The molecule has 0 bridgehead atoms. The normalized spacial score (nSPS) is 17.5. The zero-order chi connectivity index (χ0) is 24.5. The number of imidazole rings is 1. The number of benzene rings is 2. The third-order valence-corrected chi connectivity index (χ3v) is 7.27. The van der Waals surface area contributed by atoms with Gasteiger partial charge in [0.25, 0.3) is 0 Å². The highest BCUT2D eigenvalue weighted by molar-refractivity contribution is 5.91. The summed E-state index contributed by atoms with van der Waals surface area (Å²) in [5, 5.41) is 3.59. The van der Waals surface area contributed by atoms with E-state index in [2.05, 4.69) is 15.3 Å². The van der Waals surface area contributed by atoms with Gasteiger partial charge in [-0.3, -0.25) is 4.79 Å². The number of hydrogen-bond acceptors (Lipinski definition) is 2. The predicted molar refractivity (Wildman–Crippen MR) is 133 cm³/mol. The molecule has 1 aliphatic rings. The van der Waals surface area contributed by atoms with Crippen molar-refractivity contribution >= 4 is 16.8 Å². The lowest BCUT2D eigenvalue weighted by Crippen LogP contribution is -2.31. The molecule has 7 heteroatoms. The van der Waals surface area contributed by atoms with Crippen molar-refractivity contribution < 1.29 is 13.6 Å². The Morgan fingerprint density at radius 3 is 2.66 bits per heavy atom. The van der Waals surface area contributed by atoms with Gasteiger partial charge in [0.1, 0.15) is 11.6 Å². The number of hydrogen-bond donors (Lipinski definition) is 2. The molecule has 5 rings (SSSR count). The number of fused-ring (bicyclic) bond motifs is 1. The summed E-state index contributed by atoms with van der Waals surface area (Å²) in [6.45, 7) is 2.51. The molecule has 182 valence electrons. The maximum Gasteiger partial charge on any atom is 0.220 e. The van der Waals surface area contributed by atoms with Crippen LogP contribution in [0.15, 0.2) is 48.9 Å². The van der Waals surface area contributed by atoms with Gasteiger partial charge in [0.2, 0.25) is 5.91 Å². The van der Waals surface area contributed by atoms with Gasteiger partial charge in [0, 0.05) is 36.8 Å². The van der Waals surface area contributed by atoms with Crippen LogP contribution < -0.4 is 5.32 Å². The predicted octanol–water partition coefficient (Wildman–Crippen LogP) is 5.82. The summed E-state index contributed by atoms with van der Waals surface area (Å²) < 4.78 is 30.5. The molecule has 1 saturated carbocycles. The van der Waals surface area contributed by atoms with Gasteiger partial charge in [-0.25, -0.2) is 13.8 Å². The molecule has 2 heterocycles. The number of carbonyl (C=O) groups excluding carboxylic acids is 1. The Hall–Kier alpha value is -3.48. The first-order chi connectivity index (χ1) is 16.9. The smallest absolute Gasteiger partial charge is 0.220 e. The molecule has 5 nitrogen and oxygen atoms in total. The third-order valence-electron chi connectivity index (χ3n) is 7.27. The van der Waals surface area contributed by atoms with Crippen molar-refractivity contribution in [2.75, 3.05) is 0 Å². The first kappa shape index (κ1) is 23.3. The molecular weight excluding hydrogens is 446 g/mol. The van der Waals surface area contributed by atoms with Crippen LogP contribution in [-0.2, 0) is 24.8 Å². The van der Waals surface area contributed by atoms with Crippen LogP contribution in [-0.4, -0.2) is 20.4 Å². The highest BCUT2D eigenvalue weighted by Gasteiger charge is 2.31. The number of rotatable bonds is 8. The van der Waals surface area contributed by atoms with E-state index in [0.29, 0.717) is 35.7 Å². The SMILES string of the molecule is Cc1ccc(-c2[nH]c3c(F)cc(F)cc3c2CCC2CC(CC(=O)NCc3cncn3C)C2)cc1. The summed E-state index contributed by atoms with van der Waals surface area (Å²) in [5.41, 5.74) is 5.26. The highest BCUT2D eigenvalue weighted by Crippen LogP contribution is 2.41. The number of aromatic amines is 1. The molecule has 4 aromatic rings. The molecule has 0 unspecified atom stereocenters. The summed E-state index contributed by atoms with van der Waals surface area (Å²) in [7, 11) is 1.91. The fourth-order valence-corrected chi connectivity index (χ4v) is 5.20. The zero-order valence-electron chi connectivity index (χ0n) is 20.1. The van der Waals surface area contributed by atoms with Gasteiger partial charge in [-0.15, -0.1) is 0 Å². The second-order valence-corrected chi connectivity index (χ2v) is 9.87. The fourth-order valence-electron chi connectivity index (χ4n) is 5.20. The largest absolute Gasteiger partial charge is 0.352 e. The van der Waals surface area contributed by atoms with E-state index < -0.39 is 11.6 Å². The monoisotopic (exact) mass is 476 g/mol. The number of carbonyl (C=O) groups is 1. The van der Waals surface area contributed by atoms with E-state index in [-0.39, 0.29) is 5.91 Å². The Labute approximate surface area is 203 Å². The number of nitrogens with zero attached hydrogens (tertiary/aromatic N) is 2. The van der Waals surface area contributed by atoms with Crippen LogP contribution in [0.1, 0.15) is 42.5 Å². The molecule has 1 fully saturated rings. The van der Waals surface area contributed by atoms with Crippen LogP contribution in [0.2, 0.25) is 0 Å². The van der Waals surface area contributed by atoms with Gasteiger partial charge in [-0.2, -0.15) is 0 Å². The Morgan fingerprint density at radius 1 is 1.17 bits per heavy atom. The van der Waals surface area contributed by atoms with Crippen molar-refractivity contribution in [2.45, 2.75) is 45.6 Å². The maximum absolute atomic E-state index is 14.5. The molecular formula is C28H30F2N4O. The molecule has 0 aliphatic heterocycles. The van der Waals surface area contributed by atoms with Crippen molar-refractivity contribution in [1.82, 2.24) is 19.9 Å². The van der Waals surface area contributed by atoms with Gasteiger partial charge < -0.3 is 14.9 Å². The highest BCUT2D eigenvalue weighted by atomic mass is 19.1. The molecule has 35 heavy (non-hydrogen) atoms. The second-order valence-electron chi connectivity index (χ2n) is 9.87. The topological polar surface area (TPSA) is 62.7 Å². The van der Waals surface area contributed by atoms with E-state index in [9.17, 15) is 13.6 Å². The number of nitrogens with one attached hydrogen (secondary N) is 2. The molecule has 0 radical (unpaired) electrons. The van der Waals surface area contributed by atoms with Crippen LogP contribution in [0, 0.1) is 30.4 Å². The summed E-state index contributed by atoms with van der Waals surface area (Å²) in [6.07, 6.45) is 7.68. The van der Waals surface area contributed by atoms with Crippen molar-refractivity contribution in [2.24, 2.45) is 18.9 Å². The first-order valence-electron chi connectivity index (χ1n) is 12.2. The summed E-state index contributed by atoms with van der Waals surface area (Å²) in [4.78, 5) is 19.6. The van der Waals surface area contributed by atoms with E-state index in [1.54, 1.807) is 12.5 Å². The fraction of sp³-hybridized carbons (Fsp3) is 0.357. The van der Waals surface area contributed by atoms with Crippen molar-refractivity contribution in [3.63, 3.8) is 0 Å². The summed E-state index contributed by atoms with van der Waals surface area (Å²) in [6, 6.07) is 10.4. The van der Waals surface area contributed by atoms with E-state index in [4.69, 9.17) is 0 Å². The zero-order valence-corrected chi connectivity index (χ0v) is 20.1. The minimum atomic E-state index is -0.569. The van der Waals surface area contributed by atoms with Crippen LogP contribution in [0.4, 0.5) is 8.78 Å². The van der Waals surface area contributed by atoms with E-state index in [1.807, 2.05) is 42.8 Å². The van der Waals surface area contributed by atoms with Crippen molar-refractivity contribution in [3.05, 3.63) is 77.4 Å². The van der Waals surface area contributed by atoms with Gasteiger partial charge in [0.15, 0.2) is 0 Å². The number of H-pyrrole nitrogens is 1. The quantitative estimate of drug-likeness (QED) is 0.337. The van der Waals surface area contributed by atoms with Crippen LogP contribution in [0.3, 0.4) is 0 Å². The molecule has 2 aromatic carbocycles.